The summed E-state index contributed by atoms with van der Waals surface area (Å²) in [6.07, 6.45) is 14.2. The van der Waals surface area contributed by atoms with Crippen LogP contribution in [-0.2, 0) is 29.8 Å². The minimum Gasteiger partial charge on any atom is -0.317 e. The predicted octanol–water partition coefficient (Wildman–Crippen LogP) is 3.45. The monoisotopic (exact) mass is 350 g/mol. The Morgan fingerprint density at radius 3 is 1.38 bits per heavy atom. The molecule has 0 aromatic heterocycles. The van der Waals surface area contributed by atoms with Gasteiger partial charge in [-0.2, -0.15) is 0 Å². The molecule has 1 saturated heterocycles. The van der Waals surface area contributed by atoms with Crippen molar-refractivity contribution >= 4 is 0 Å². The number of nitrogens with one attached hydrogen (secondary N) is 2. The molecule has 1 rings (SSSR count). The summed E-state index contributed by atoms with van der Waals surface area (Å²) in [6, 6.07) is 0. The normalized spacial score (nSPS) is 24.0. The maximum atomic E-state index is 4.80. The number of hydrogen-bond acceptors (Lipinski definition) is 8. The summed E-state index contributed by atoms with van der Waals surface area (Å²) >= 11 is 0. The van der Waals surface area contributed by atoms with Crippen LogP contribution in [0.5, 0.6) is 0 Å². The van der Waals surface area contributed by atoms with Crippen molar-refractivity contribution in [3.05, 3.63) is 0 Å². The van der Waals surface area contributed by atoms with Gasteiger partial charge >= 0.3 is 0 Å². The molecule has 0 aromatic rings. The largest absolute Gasteiger partial charge is 0.317 e. The van der Waals surface area contributed by atoms with Crippen molar-refractivity contribution in [2.24, 2.45) is 0 Å². The van der Waals surface area contributed by atoms with E-state index in [1.807, 2.05) is 5.64 Å². The Hall–Kier alpha value is -0.320. The van der Waals surface area contributed by atoms with E-state index in [2.05, 4.69) is 25.4 Å². The van der Waals surface area contributed by atoms with Crippen molar-refractivity contribution in [2.75, 3.05) is 26.3 Å². The minimum atomic E-state index is 0.473. The van der Waals surface area contributed by atoms with Gasteiger partial charge in [-0.3, -0.25) is 0 Å². The third kappa shape index (κ3) is 16.5. The average molecular weight is 350 g/mol. The summed E-state index contributed by atoms with van der Waals surface area (Å²) in [7, 11) is 0. The fourth-order valence-corrected chi connectivity index (χ4v) is 2.52. The van der Waals surface area contributed by atoms with E-state index in [1.54, 1.807) is 0 Å². The molecule has 0 atom stereocenters. The summed E-state index contributed by atoms with van der Waals surface area (Å²) in [5, 5.41) is 12.3. The van der Waals surface area contributed by atoms with Crippen LogP contribution in [-0.4, -0.2) is 26.3 Å². The third-order valence-corrected chi connectivity index (χ3v) is 3.89. The fraction of sp³-hybridized carbons (Fsp3) is 1.00. The van der Waals surface area contributed by atoms with E-state index in [4.69, 9.17) is 9.78 Å². The van der Waals surface area contributed by atoms with Crippen molar-refractivity contribution in [3.63, 3.8) is 0 Å². The molecule has 144 valence electrons. The quantitative estimate of drug-likeness (QED) is 0.643. The molecule has 2 N–H and O–H groups in total. The molecule has 8 nitrogen and oxygen atoms in total. The molecule has 1 heterocycles. The van der Waals surface area contributed by atoms with Gasteiger partial charge in [0.1, 0.15) is 0 Å². The molecule has 0 amide bonds. The minimum absolute atomic E-state index is 0.473. The second-order valence-electron chi connectivity index (χ2n) is 6.02. The predicted molar refractivity (Wildman–Crippen MR) is 87.7 cm³/mol. The van der Waals surface area contributed by atoms with Crippen molar-refractivity contribution in [1.82, 2.24) is 11.0 Å². The first-order valence-corrected chi connectivity index (χ1v) is 9.36. The lowest BCUT2D eigenvalue weighted by Gasteiger charge is -2.06. The molecule has 1 fully saturated rings. The van der Waals surface area contributed by atoms with Crippen LogP contribution >= 0.6 is 0 Å². The maximum Gasteiger partial charge on any atom is 0.0854 e. The summed E-state index contributed by atoms with van der Waals surface area (Å²) in [4.78, 5) is 18.3. The first-order valence-electron chi connectivity index (χ1n) is 9.36. The molecule has 0 aromatic carbocycles. The highest BCUT2D eigenvalue weighted by Gasteiger charge is 1.97. The van der Waals surface area contributed by atoms with E-state index < -0.39 is 0 Å². The van der Waals surface area contributed by atoms with E-state index in [1.165, 1.54) is 51.4 Å². The van der Waals surface area contributed by atoms with E-state index in [0.717, 1.165) is 38.8 Å². The van der Waals surface area contributed by atoms with Gasteiger partial charge in [-0.1, -0.05) is 61.3 Å². The van der Waals surface area contributed by atoms with E-state index in [-0.39, 0.29) is 0 Å². The van der Waals surface area contributed by atoms with Crippen LogP contribution < -0.4 is 11.0 Å². The van der Waals surface area contributed by atoms with Crippen LogP contribution in [0.25, 0.3) is 0 Å². The zero-order valence-electron chi connectivity index (χ0n) is 14.8. The Morgan fingerprint density at radius 1 is 0.458 bits per heavy atom. The second-order valence-corrected chi connectivity index (χ2v) is 6.02. The van der Waals surface area contributed by atoms with Gasteiger partial charge in [0.05, 0.1) is 13.2 Å². The van der Waals surface area contributed by atoms with Gasteiger partial charge in [-0.15, -0.1) is 0 Å². The van der Waals surface area contributed by atoms with E-state index in [0.29, 0.717) is 13.2 Å². The molecule has 0 radical (unpaired) electrons. The molecule has 0 saturated carbocycles. The third-order valence-electron chi connectivity index (χ3n) is 3.89. The Labute approximate surface area is 145 Å². The summed E-state index contributed by atoms with van der Waals surface area (Å²) in [5.41, 5.74) is 1.94. The van der Waals surface area contributed by atoms with Gasteiger partial charge in [0, 0.05) is 0 Å². The molecular formula is C16H34N2O6. The van der Waals surface area contributed by atoms with Crippen molar-refractivity contribution in [3.8, 4) is 0 Å². The molecular weight excluding hydrogens is 316 g/mol. The smallest absolute Gasteiger partial charge is 0.0854 e. The first kappa shape index (κ1) is 21.7. The van der Waals surface area contributed by atoms with Crippen LogP contribution in [0.1, 0.15) is 77.0 Å². The van der Waals surface area contributed by atoms with Crippen molar-refractivity contribution in [2.45, 2.75) is 77.0 Å². The van der Waals surface area contributed by atoms with Crippen LogP contribution in [0.2, 0.25) is 0 Å². The average Bonchev–Trinajstić information content (AvgIpc) is 2.59. The SMILES string of the molecule is C1CCCCOOONOOOCCCCCCCCNCCC1. The molecule has 0 unspecified atom stereocenters. The molecule has 0 bridgehead atoms. The Bertz CT molecular complexity index is 139. The molecule has 8 heteroatoms. The van der Waals surface area contributed by atoms with Crippen molar-refractivity contribution < 1.29 is 29.8 Å². The zero-order valence-corrected chi connectivity index (χ0v) is 14.8. The molecule has 0 aliphatic carbocycles. The lowest BCUT2D eigenvalue weighted by Crippen LogP contribution is -2.17. The van der Waals surface area contributed by atoms with E-state index in [9.17, 15) is 0 Å². The summed E-state index contributed by atoms with van der Waals surface area (Å²) in [5.74, 6) is 0. The van der Waals surface area contributed by atoms with Gasteiger partial charge in [0.25, 0.3) is 0 Å². The molecule has 24 heavy (non-hydrogen) atoms. The highest BCUT2D eigenvalue weighted by molar-refractivity contribution is 4.52. The van der Waals surface area contributed by atoms with Crippen LogP contribution in [0.4, 0.5) is 0 Å². The topological polar surface area (TPSA) is 79.4 Å². The Morgan fingerprint density at radius 2 is 0.875 bits per heavy atom. The zero-order chi connectivity index (χ0) is 17.0. The standard InChI is InChI=1S/C16H34N2O6/c1-3-7-11-15-19-23-21-18-22-24-20-16-12-8-4-2-6-10-14-17-13-9-5-1/h17-18H,1-16H2. The summed E-state index contributed by atoms with van der Waals surface area (Å²) < 4.78 is 0. The van der Waals surface area contributed by atoms with Crippen molar-refractivity contribution in [1.29, 1.82) is 0 Å². The Kier molecular flexibility index (Phi) is 17.2. The first-order chi connectivity index (χ1) is 12.0. The fourth-order valence-electron chi connectivity index (χ4n) is 2.52. The lowest BCUT2D eigenvalue weighted by molar-refractivity contribution is -0.631. The van der Waals surface area contributed by atoms with Gasteiger partial charge in [-0.25, -0.2) is 9.78 Å². The Balaban J connectivity index is 2.00. The molecule has 0 spiro atoms. The maximum absolute atomic E-state index is 4.80. The molecule has 1 aliphatic heterocycles. The van der Waals surface area contributed by atoms with E-state index >= 15 is 0 Å². The number of rotatable bonds is 0. The lowest BCUT2D eigenvalue weighted by atomic mass is 10.1. The number of hydrogen-bond donors (Lipinski definition) is 2. The van der Waals surface area contributed by atoms with Gasteiger partial charge in [0.2, 0.25) is 0 Å². The highest BCUT2D eigenvalue weighted by Crippen LogP contribution is 2.06. The second kappa shape index (κ2) is 19.0. The van der Waals surface area contributed by atoms with Crippen LogP contribution in [0.15, 0.2) is 0 Å². The van der Waals surface area contributed by atoms with Gasteiger partial charge < -0.3 is 5.32 Å². The summed E-state index contributed by atoms with van der Waals surface area (Å²) in [6.45, 7) is 3.22. The van der Waals surface area contributed by atoms with Crippen LogP contribution in [0.3, 0.4) is 0 Å². The highest BCUT2D eigenvalue weighted by atomic mass is 17.6. The van der Waals surface area contributed by atoms with Gasteiger partial charge in [-0.05, 0) is 54.5 Å². The molecule has 1 aliphatic rings. The van der Waals surface area contributed by atoms with Crippen LogP contribution in [0, 0.1) is 0 Å². The van der Waals surface area contributed by atoms with Gasteiger partial charge in [0.15, 0.2) is 0 Å².